The van der Waals surface area contributed by atoms with Crippen molar-refractivity contribution in [2.75, 3.05) is 7.11 Å². The van der Waals surface area contributed by atoms with Crippen LogP contribution in [0, 0.1) is 5.82 Å². The van der Waals surface area contributed by atoms with Gasteiger partial charge in [0, 0.05) is 24.9 Å². The van der Waals surface area contributed by atoms with Crippen molar-refractivity contribution >= 4 is 22.6 Å². The van der Waals surface area contributed by atoms with Crippen molar-refractivity contribution in [2.45, 2.75) is 19.0 Å². The molecule has 0 saturated carbocycles. The monoisotopic (exact) mass is 309 g/mol. The molecule has 2 aromatic heterocycles. The van der Waals surface area contributed by atoms with Crippen LogP contribution in [0.2, 0.25) is 0 Å². The van der Waals surface area contributed by atoms with Crippen LogP contribution in [0.15, 0.2) is 24.5 Å². The summed E-state index contributed by atoms with van der Waals surface area (Å²) >= 11 is 5.93. The van der Waals surface area contributed by atoms with Crippen molar-refractivity contribution in [2.24, 2.45) is 0 Å². The van der Waals surface area contributed by atoms with E-state index in [2.05, 4.69) is 15.3 Å². The number of aromatic nitrogens is 5. The number of nitrogens with zero attached hydrogens (tertiary/aromatic N) is 5. The first-order valence-electron chi connectivity index (χ1n) is 6.35. The Hall–Kier alpha value is -2.15. The molecular weight excluding hydrogens is 297 g/mol. The van der Waals surface area contributed by atoms with E-state index < -0.39 is 5.82 Å². The summed E-state index contributed by atoms with van der Waals surface area (Å²) in [5.41, 5.74) is 1.34. The van der Waals surface area contributed by atoms with Crippen LogP contribution in [0.3, 0.4) is 0 Å². The predicted molar refractivity (Wildman–Crippen MR) is 75.8 cm³/mol. The SMILES string of the molecule is COc1cc2c(cc1F)nc(CCl)n2CCn1ccnn1. The van der Waals surface area contributed by atoms with Gasteiger partial charge in [-0.1, -0.05) is 5.21 Å². The Labute approximate surface area is 125 Å². The normalized spacial score (nSPS) is 11.2. The van der Waals surface area contributed by atoms with Crippen LogP contribution in [-0.2, 0) is 19.0 Å². The summed E-state index contributed by atoms with van der Waals surface area (Å²) < 4.78 is 22.4. The number of ether oxygens (including phenoxy) is 1. The smallest absolute Gasteiger partial charge is 0.167 e. The lowest BCUT2D eigenvalue weighted by atomic mass is 10.3. The number of methoxy groups -OCH3 is 1. The van der Waals surface area contributed by atoms with Crippen LogP contribution in [0.4, 0.5) is 4.39 Å². The number of aryl methyl sites for hydroxylation is 2. The largest absolute Gasteiger partial charge is 0.494 e. The van der Waals surface area contributed by atoms with E-state index in [1.807, 2.05) is 4.57 Å². The van der Waals surface area contributed by atoms with Gasteiger partial charge in [0.1, 0.15) is 5.82 Å². The van der Waals surface area contributed by atoms with Gasteiger partial charge in [-0.15, -0.1) is 16.7 Å². The lowest BCUT2D eigenvalue weighted by molar-refractivity contribution is 0.387. The Morgan fingerprint density at radius 2 is 2.19 bits per heavy atom. The van der Waals surface area contributed by atoms with Crippen LogP contribution in [0.1, 0.15) is 5.82 Å². The molecule has 0 bridgehead atoms. The first-order chi connectivity index (χ1) is 10.2. The highest BCUT2D eigenvalue weighted by Gasteiger charge is 2.14. The van der Waals surface area contributed by atoms with Gasteiger partial charge >= 0.3 is 0 Å². The Bertz CT molecular complexity index is 756. The molecular formula is C13H13ClFN5O. The Morgan fingerprint density at radius 1 is 1.33 bits per heavy atom. The van der Waals surface area contributed by atoms with Crippen molar-refractivity contribution in [1.29, 1.82) is 0 Å². The molecule has 0 fully saturated rings. The van der Waals surface area contributed by atoms with E-state index in [0.717, 1.165) is 5.52 Å². The van der Waals surface area contributed by atoms with Gasteiger partial charge in [0.15, 0.2) is 11.6 Å². The van der Waals surface area contributed by atoms with Gasteiger partial charge in [0.05, 0.1) is 36.8 Å². The summed E-state index contributed by atoms with van der Waals surface area (Å²) in [6.07, 6.45) is 3.40. The molecule has 6 nitrogen and oxygen atoms in total. The fourth-order valence-electron chi connectivity index (χ4n) is 2.24. The van der Waals surface area contributed by atoms with Gasteiger partial charge in [-0.05, 0) is 0 Å². The van der Waals surface area contributed by atoms with Crippen molar-refractivity contribution in [3.05, 3.63) is 36.2 Å². The summed E-state index contributed by atoms with van der Waals surface area (Å²) in [5, 5.41) is 7.67. The highest BCUT2D eigenvalue weighted by molar-refractivity contribution is 6.16. The summed E-state index contributed by atoms with van der Waals surface area (Å²) in [5.74, 6) is 0.674. The number of rotatable bonds is 5. The summed E-state index contributed by atoms with van der Waals surface area (Å²) in [6.45, 7) is 1.23. The van der Waals surface area contributed by atoms with Gasteiger partial charge in [0.25, 0.3) is 0 Å². The Balaban J connectivity index is 2.01. The summed E-state index contributed by atoms with van der Waals surface area (Å²) in [6, 6.07) is 2.99. The van der Waals surface area contributed by atoms with E-state index in [9.17, 15) is 4.39 Å². The lowest BCUT2D eigenvalue weighted by Crippen LogP contribution is -2.10. The zero-order chi connectivity index (χ0) is 14.8. The quantitative estimate of drug-likeness (QED) is 0.678. The molecule has 3 rings (SSSR count). The van der Waals surface area contributed by atoms with Crippen LogP contribution < -0.4 is 4.74 Å². The third-order valence-corrected chi connectivity index (χ3v) is 3.48. The fraction of sp³-hybridized carbons (Fsp3) is 0.308. The number of alkyl halides is 1. The molecule has 3 aromatic rings. The van der Waals surface area contributed by atoms with Crippen molar-refractivity contribution < 1.29 is 9.13 Å². The van der Waals surface area contributed by atoms with E-state index in [4.69, 9.17) is 16.3 Å². The molecule has 110 valence electrons. The second-order valence-electron chi connectivity index (χ2n) is 4.45. The maximum Gasteiger partial charge on any atom is 0.167 e. The molecule has 0 aliphatic heterocycles. The van der Waals surface area contributed by atoms with E-state index in [1.54, 1.807) is 23.1 Å². The van der Waals surface area contributed by atoms with Crippen molar-refractivity contribution in [3.63, 3.8) is 0 Å². The predicted octanol–water partition coefficient (Wildman–Crippen LogP) is 2.21. The average Bonchev–Trinajstić information content (AvgIpc) is 3.11. The molecule has 0 radical (unpaired) electrons. The number of hydrogen-bond donors (Lipinski definition) is 0. The summed E-state index contributed by atoms with van der Waals surface area (Å²) in [4.78, 5) is 4.36. The molecule has 8 heteroatoms. The highest BCUT2D eigenvalue weighted by atomic mass is 35.5. The minimum Gasteiger partial charge on any atom is -0.494 e. The van der Waals surface area contributed by atoms with Crippen LogP contribution >= 0.6 is 11.6 Å². The second kappa shape index (κ2) is 5.69. The van der Waals surface area contributed by atoms with E-state index in [-0.39, 0.29) is 11.6 Å². The Morgan fingerprint density at radius 3 is 2.86 bits per heavy atom. The molecule has 1 aromatic carbocycles. The van der Waals surface area contributed by atoms with Gasteiger partial charge in [0.2, 0.25) is 0 Å². The molecule has 21 heavy (non-hydrogen) atoms. The molecule has 2 heterocycles. The number of imidazole rings is 1. The van der Waals surface area contributed by atoms with Gasteiger partial charge in [-0.3, -0.25) is 4.68 Å². The number of hydrogen-bond acceptors (Lipinski definition) is 4. The van der Waals surface area contributed by atoms with Crippen molar-refractivity contribution in [3.8, 4) is 5.75 Å². The molecule has 0 spiro atoms. The van der Waals surface area contributed by atoms with Gasteiger partial charge < -0.3 is 9.30 Å². The third-order valence-electron chi connectivity index (χ3n) is 3.25. The minimum atomic E-state index is -0.438. The topological polar surface area (TPSA) is 57.8 Å². The molecule has 0 atom stereocenters. The summed E-state index contributed by atoms with van der Waals surface area (Å²) in [7, 11) is 1.43. The first kappa shape index (κ1) is 13.8. The molecule has 0 saturated heterocycles. The van der Waals surface area contributed by atoms with Crippen LogP contribution in [-0.4, -0.2) is 31.7 Å². The lowest BCUT2D eigenvalue weighted by Gasteiger charge is -2.08. The highest BCUT2D eigenvalue weighted by Crippen LogP contribution is 2.26. The van der Waals surface area contributed by atoms with E-state index in [1.165, 1.54) is 13.2 Å². The Kier molecular flexibility index (Phi) is 3.74. The van der Waals surface area contributed by atoms with Crippen molar-refractivity contribution in [1.82, 2.24) is 24.5 Å². The number of benzene rings is 1. The van der Waals surface area contributed by atoms with Crippen LogP contribution in [0.5, 0.6) is 5.75 Å². The average molecular weight is 310 g/mol. The maximum atomic E-state index is 13.7. The minimum absolute atomic E-state index is 0.186. The first-order valence-corrected chi connectivity index (χ1v) is 6.89. The van der Waals surface area contributed by atoms with Crippen LogP contribution in [0.25, 0.3) is 11.0 Å². The maximum absolute atomic E-state index is 13.7. The van der Waals surface area contributed by atoms with Gasteiger partial charge in [-0.25, -0.2) is 9.37 Å². The standard InChI is InChI=1S/C13H13ClFN5O/c1-21-12-7-11-10(6-9(12)15)17-13(8-14)20(11)5-4-19-3-2-16-18-19/h2-3,6-7H,4-5,8H2,1H3. The molecule has 0 N–H and O–H groups in total. The zero-order valence-corrected chi connectivity index (χ0v) is 12.1. The number of fused-ring (bicyclic) bond motifs is 1. The number of halogens is 2. The zero-order valence-electron chi connectivity index (χ0n) is 11.3. The second-order valence-corrected chi connectivity index (χ2v) is 4.72. The molecule has 0 aliphatic carbocycles. The van der Waals surface area contributed by atoms with Gasteiger partial charge in [-0.2, -0.15) is 0 Å². The molecule has 0 aliphatic rings. The third kappa shape index (κ3) is 2.56. The van der Waals surface area contributed by atoms with E-state index >= 15 is 0 Å². The molecule has 0 unspecified atom stereocenters. The fourth-order valence-corrected chi connectivity index (χ4v) is 2.44. The van der Waals surface area contributed by atoms with E-state index in [0.29, 0.717) is 24.4 Å². The molecule has 0 amide bonds.